The number of benzene rings is 1. The van der Waals surface area contributed by atoms with Gasteiger partial charge in [0.05, 0.1) is 11.5 Å². The zero-order valence-corrected chi connectivity index (χ0v) is 12.1. The van der Waals surface area contributed by atoms with E-state index in [4.69, 9.17) is 0 Å². The summed E-state index contributed by atoms with van der Waals surface area (Å²) in [5, 5.41) is 2.82. The van der Waals surface area contributed by atoms with E-state index in [-0.39, 0.29) is 23.3 Å². The topological polar surface area (TPSA) is 63.2 Å². The van der Waals surface area contributed by atoms with Crippen molar-refractivity contribution in [3.8, 4) is 0 Å². The molecule has 2 rings (SSSR count). The summed E-state index contributed by atoms with van der Waals surface area (Å²) in [4.78, 5) is 12.0. The molecule has 1 aromatic rings. The number of nitrogens with one attached hydrogen (secondary N) is 1. The molecule has 1 aliphatic heterocycles. The van der Waals surface area contributed by atoms with Gasteiger partial charge in [-0.15, -0.1) is 0 Å². The maximum Gasteiger partial charge on any atom is 0.251 e. The summed E-state index contributed by atoms with van der Waals surface area (Å²) >= 11 is 0. The highest BCUT2D eigenvalue weighted by Gasteiger charge is 2.27. The SMILES string of the molecule is Cc1ccc(C(=O)NCC2CCS(=O)(=O)C2)cc1C. The molecule has 1 aromatic carbocycles. The van der Waals surface area contributed by atoms with Crippen molar-refractivity contribution >= 4 is 15.7 Å². The number of carbonyl (C=O) groups is 1. The van der Waals surface area contributed by atoms with Crippen LogP contribution in [0, 0.1) is 19.8 Å². The molecule has 1 fully saturated rings. The van der Waals surface area contributed by atoms with Crippen LogP contribution in [0.4, 0.5) is 0 Å². The van der Waals surface area contributed by atoms with Gasteiger partial charge >= 0.3 is 0 Å². The molecule has 1 atom stereocenters. The Bertz CT molecular complexity index is 593. The lowest BCUT2D eigenvalue weighted by molar-refractivity contribution is 0.0948. The van der Waals surface area contributed by atoms with Crippen molar-refractivity contribution in [2.45, 2.75) is 20.3 Å². The smallest absolute Gasteiger partial charge is 0.251 e. The van der Waals surface area contributed by atoms with Gasteiger partial charge in [-0.25, -0.2) is 8.42 Å². The van der Waals surface area contributed by atoms with Crippen molar-refractivity contribution in [1.29, 1.82) is 0 Å². The van der Waals surface area contributed by atoms with Crippen LogP contribution in [-0.2, 0) is 9.84 Å². The van der Waals surface area contributed by atoms with E-state index >= 15 is 0 Å². The van der Waals surface area contributed by atoms with Crippen LogP contribution >= 0.6 is 0 Å². The first-order valence-corrected chi connectivity index (χ1v) is 8.25. The van der Waals surface area contributed by atoms with Crippen molar-refractivity contribution in [2.24, 2.45) is 5.92 Å². The van der Waals surface area contributed by atoms with E-state index in [1.54, 1.807) is 6.07 Å². The Hall–Kier alpha value is -1.36. The van der Waals surface area contributed by atoms with Crippen LogP contribution in [0.3, 0.4) is 0 Å². The number of amides is 1. The summed E-state index contributed by atoms with van der Waals surface area (Å²) in [6, 6.07) is 5.57. The second-order valence-corrected chi connectivity index (χ2v) is 7.51. The maximum atomic E-state index is 12.0. The summed E-state index contributed by atoms with van der Waals surface area (Å²) in [5.74, 6) is 0.366. The quantitative estimate of drug-likeness (QED) is 0.912. The molecule has 0 radical (unpaired) electrons. The first-order valence-electron chi connectivity index (χ1n) is 6.43. The highest BCUT2D eigenvalue weighted by atomic mass is 32.2. The van der Waals surface area contributed by atoms with E-state index in [9.17, 15) is 13.2 Å². The zero-order chi connectivity index (χ0) is 14.0. The van der Waals surface area contributed by atoms with E-state index in [1.165, 1.54) is 0 Å². The molecule has 0 aliphatic carbocycles. The van der Waals surface area contributed by atoms with Gasteiger partial charge in [0.25, 0.3) is 5.91 Å². The van der Waals surface area contributed by atoms with Crippen LogP contribution in [0.25, 0.3) is 0 Å². The summed E-state index contributed by atoms with van der Waals surface area (Å²) in [7, 11) is -2.87. The number of aryl methyl sites for hydroxylation is 2. The van der Waals surface area contributed by atoms with E-state index in [0.29, 0.717) is 18.5 Å². The molecule has 0 spiro atoms. The fourth-order valence-corrected chi connectivity index (χ4v) is 4.12. The first kappa shape index (κ1) is 14.1. The number of carbonyl (C=O) groups excluding carboxylic acids is 1. The molecule has 0 saturated carbocycles. The standard InChI is InChI=1S/C14H19NO3S/c1-10-3-4-13(7-11(10)2)14(16)15-8-12-5-6-19(17,18)9-12/h3-4,7,12H,5-6,8-9H2,1-2H3,(H,15,16). The summed E-state index contributed by atoms with van der Waals surface area (Å²) in [6.07, 6.45) is 0.648. The van der Waals surface area contributed by atoms with E-state index in [1.807, 2.05) is 26.0 Å². The van der Waals surface area contributed by atoms with Gasteiger partial charge in [0, 0.05) is 12.1 Å². The number of rotatable bonds is 3. The molecule has 1 aliphatic rings. The Balaban J connectivity index is 1.93. The number of hydrogen-bond donors (Lipinski definition) is 1. The van der Waals surface area contributed by atoms with Crippen LogP contribution in [0.15, 0.2) is 18.2 Å². The molecule has 1 amide bonds. The molecule has 4 nitrogen and oxygen atoms in total. The Morgan fingerprint density at radius 2 is 2.05 bits per heavy atom. The monoisotopic (exact) mass is 281 g/mol. The van der Waals surface area contributed by atoms with Crippen LogP contribution in [0.1, 0.15) is 27.9 Å². The molecule has 1 N–H and O–H groups in total. The minimum atomic E-state index is -2.87. The summed E-state index contributed by atoms with van der Waals surface area (Å²) in [5.41, 5.74) is 2.86. The molecule has 1 unspecified atom stereocenters. The van der Waals surface area contributed by atoms with Crippen molar-refractivity contribution < 1.29 is 13.2 Å². The van der Waals surface area contributed by atoms with Gasteiger partial charge in [0.15, 0.2) is 9.84 Å². The van der Waals surface area contributed by atoms with E-state index in [0.717, 1.165) is 11.1 Å². The fourth-order valence-electron chi connectivity index (χ4n) is 2.25. The largest absolute Gasteiger partial charge is 0.352 e. The number of sulfone groups is 1. The molecule has 1 saturated heterocycles. The van der Waals surface area contributed by atoms with Gasteiger partial charge in [0.1, 0.15) is 0 Å². The molecular formula is C14H19NO3S. The summed E-state index contributed by atoms with van der Waals surface area (Å²) < 4.78 is 22.7. The molecular weight excluding hydrogens is 262 g/mol. The highest BCUT2D eigenvalue weighted by molar-refractivity contribution is 7.91. The Morgan fingerprint density at radius 1 is 1.32 bits per heavy atom. The first-order chi connectivity index (χ1) is 8.87. The van der Waals surface area contributed by atoms with Gasteiger partial charge in [0.2, 0.25) is 0 Å². The molecule has 0 bridgehead atoms. The molecule has 1 heterocycles. The number of hydrogen-bond acceptors (Lipinski definition) is 3. The van der Waals surface area contributed by atoms with Crippen molar-refractivity contribution in [1.82, 2.24) is 5.32 Å². The van der Waals surface area contributed by atoms with Gasteiger partial charge < -0.3 is 5.32 Å². The molecule has 5 heteroatoms. The van der Waals surface area contributed by atoms with Gasteiger partial charge in [-0.3, -0.25) is 4.79 Å². The van der Waals surface area contributed by atoms with Crippen LogP contribution < -0.4 is 5.32 Å². The van der Waals surface area contributed by atoms with E-state index in [2.05, 4.69) is 5.32 Å². The minimum absolute atomic E-state index is 0.0560. The Kier molecular flexibility index (Phi) is 3.94. The lowest BCUT2D eigenvalue weighted by Crippen LogP contribution is -2.29. The lowest BCUT2D eigenvalue weighted by atomic mass is 10.1. The average molecular weight is 281 g/mol. The third-order valence-corrected chi connectivity index (χ3v) is 5.48. The second-order valence-electron chi connectivity index (χ2n) is 5.28. The van der Waals surface area contributed by atoms with Gasteiger partial charge in [-0.1, -0.05) is 6.07 Å². The van der Waals surface area contributed by atoms with Crippen LogP contribution in [0.5, 0.6) is 0 Å². The third-order valence-electron chi connectivity index (χ3n) is 3.65. The summed E-state index contributed by atoms with van der Waals surface area (Å²) in [6.45, 7) is 4.40. The third kappa shape index (κ3) is 3.56. The molecule has 104 valence electrons. The molecule has 19 heavy (non-hydrogen) atoms. The zero-order valence-electron chi connectivity index (χ0n) is 11.3. The predicted octanol–water partition coefficient (Wildman–Crippen LogP) is 1.47. The van der Waals surface area contributed by atoms with Crippen LogP contribution in [0.2, 0.25) is 0 Å². The van der Waals surface area contributed by atoms with Crippen molar-refractivity contribution in [2.75, 3.05) is 18.1 Å². The lowest BCUT2D eigenvalue weighted by Gasteiger charge is -2.10. The maximum absolute atomic E-state index is 12.0. The Morgan fingerprint density at radius 3 is 2.63 bits per heavy atom. The van der Waals surface area contributed by atoms with Crippen LogP contribution in [-0.4, -0.2) is 32.4 Å². The Labute approximate surface area is 114 Å². The minimum Gasteiger partial charge on any atom is -0.352 e. The molecule has 0 aromatic heterocycles. The van der Waals surface area contributed by atoms with Gasteiger partial charge in [-0.2, -0.15) is 0 Å². The normalized spacial score (nSPS) is 21.3. The van der Waals surface area contributed by atoms with Crippen molar-refractivity contribution in [3.05, 3.63) is 34.9 Å². The predicted molar refractivity (Wildman–Crippen MR) is 75.0 cm³/mol. The fraction of sp³-hybridized carbons (Fsp3) is 0.500. The van der Waals surface area contributed by atoms with Crippen molar-refractivity contribution in [3.63, 3.8) is 0 Å². The van der Waals surface area contributed by atoms with E-state index < -0.39 is 9.84 Å². The highest BCUT2D eigenvalue weighted by Crippen LogP contribution is 2.17. The van der Waals surface area contributed by atoms with Gasteiger partial charge in [-0.05, 0) is 49.4 Å². The second kappa shape index (κ2) is 5.33. The average Bonchev–Trinajstić information content (AvgIpc) is 2.69.